The molecule has 0 aliphatic heterocycles. The van der Waals surface area contributed by atoms with E-state index in [0.29, 0.717) is 43.3 Å². The zero-order chi connectivity index (χ0) is 26.7. The first-order valence-electron chi connectivity index (χ1n) is 12.3. The van der Waals surface area contributed by atoms with Gasteiger partial charge in [0.25, 0.3) is 0 Å². The van der Waals surface area contributed by atoms with Crippen molar-refractivity contribution in [1.29, 1.82) is 0 Å². The lowest BCUT2D eigenvalue weighted by Crippen LogP contribution is -2.49. The van der Waals surface area contributed by atoms with Crippen LogP contribution in [0.25, 0.3) is 0 Å². The first-order chi connectivity index (χ1) is 17.0. The molecule has 1 N–H and O–H groups in total. The summed E-state index contributed by atoms with van der Waals surface area (Å²) in [7, 11) is -2.00. The van der Waals surface area contributed by atoms with E-state index in [9.17, 15) is 18.0 Å². The predicted octanol–water partition coefficient (Wildman–Crippen LogP) is 3.47. The summed E-state index contributed by atoms with van der Waals surface area (Å²) in [5.74, 6) is 0.554. The van der Waals surface area contributed by atoms with Crippen molar-refractivity contribution >= 4 is 27.5 Å². The topological polar surface area (TPSA) is 96.0 Å². The zero-order valence-corrected chi connectivity index (χ0v) is 22.8. The van der Waals surface area contributed by atoms with Crippen LogP contribution in [0.2, 0.25) is 0 Å². The third-order valence-corrected chi connectivity index (χ3v) is 7.04. The highest BCUT2D eigenvalue weighted by Crippen LogP contribution is 2.22. The summed E-state index contributed by atoms with van der Waals surface area (Å²) in [6, 6.07) is 15.9. The molecule has 0 unspecified atom stereocenters. The van der Waals surface area contributed by atoms with Crippen molar-refractivity contribution in [1.82, 2.24) is 10.2 Å². The van der Waals surface area contributed by atoms with E-state index in [1.54, 1.807) is 43.2 Å². The molecule has 0 aliphatic rings. The molecule has 2 aromatic carbocycles. The smallest absolute Gasteiger partial charge is 0.242 e. The Morgan fingerprint density at radius 1 is 0.972 bits per heavy atom. The molecule has 9 heteroatoms. The maximum absolute atomic E-state index is 13.3. The zero-order valence-electron chi connectivity index (χ0n) is 21.9. The van der Waals surface area contributed by atoms with Gasteiger partial charge in [0.15, 0.2) is 0 Å². The molecular weight excluding hydrogens is 478 g/mol. The summed E-state index contributed by atoms with van der Waals surface area (Å²) in [6.07, 6.45) is 2.21. The van der Waals surface area contributed by atoms with Gasteiger partial charge in [-0.3, -0.25) is 13.9 Å². The standard InChI is InChI=1S/C27H39N3O5S/c1-21(2)20-28-27(32)22(3)29(19-17-23-10-7-6-8-11-23)26(31)12-9-18-30(36(5,33)34)24-13-15-25(35-4)16-14-24/h6-8,10-11,13-16,21-22H,9,12,17-20H2,1-5H3,(H,28,32)/t22-/m0/s1. The lowest BCUT2D eigenvalue weighted by Gasteiger charge is -2.29. The number of rotatable bonds is 14. The molecule has 0 aliphatic carbocycles. The van der Waals surface area contributed by atoms with Crippen molar-refractivity contribution < 1.29 is 22.7 Å². The van der Waals surface area contributed by atoms with Crippen molar-refractivity contribution in [2.75, 3.05) is 37.3 Å². The predicted molar refractivity (Wildman–Crippen MR) is 144 cm³/mol. The van der Waals surface area contributed by atoms with E-state index in [1.807, 2.05) is 44.2 Å². The Morgan fingerprint density at radius 3 is 2.17 bits per heavy atom. The Balaban J connectivity index is 2.09. The van der Waals surface area contributed by atoms with Gasteiger partial charge in [-0.1, -0.05) is 44.2 Å². The van der Waals surface area contributed by atoms with Crippen molar-refractivity contribution in [3.8, 4) is 5.75 Å². The Morgan fingerprint density at radius 2 is 1.61 bits per heavy atom. The van der Waals surface area contributed by atoms with Crippen LogP contribution in [0.4, 0.5) is 5.69 Å². The molecule has 8 nitrogen and oxygen atoms in total. The Kier molecular flexibility index (Phi) is 11.2. The minimum Gasteiger partial charge on any atom is -0.497 e. The fourth-order valence-corrected chi connectivity index (χ4v) is 4.74. The van der Waals surface area contributed by atoms with Gasteiger partial charge in [0.1, 0.15) is 11.8 Å². The summed E-state index contributed by atoms with van der Waals surface area (Å²) < 4.78 is 31.3. The van der Waals surface area contributed by atoms with Crippen LogP contribution in [0.5, 0.6) is 5.75 Å². The van der Waals surface area contributed by atoms with E-state index < -0.39 is 16.1 Å². The molecule has 0 radical (unpaired) electrons. The monoisotopic (exact) mass is 517 g/mol. The van der Waals surface area contributed by atoms with Gasteiger partial charge < -0.3 is 15.0 Å². The molecule has 0 saturated heterocycles. The van der Waals surface area contributed by atoms with Crippen molar-refractivity contribution in [3.05, 3.63) is 60.2 Å². The highest BCUT2D eigenvalue weighted by atomic mass is 32.2. The van der Waals surface area contributed by atoms with E-state index in [0.717, 1.165) is 11.8 Å². The highest BCUT2D eigenvalue weighted by Gasteiger charge is 2.26. The number of carbonyl (C=O) groups excluding carboxylic acids is 2. The third kappa shape index (κ3) is 9.18. The molecule has 198 valence electrons. The number of sulfonamides is 1. The third-order valence-electron chi connectivity index (χ3n) is 5.85. The SMILES string of the molecule is COc1ccc(N(CCCC(=O)N(CCc2ccccc2)[C@@H](C)C(=O)NCC(C)C)S(C)(=O)=O)cc1. The number of methoxy groups -OCH3 is 1. The molecule has 36 heavy (non-hydrogen) atoms. The lowest BCUT2D eigenvalue weighted by atomic mass is 10.1. The normalized spacial score (nSPS) is 12.2. The van der Waals surface area contributed by atoms with Gasteiger partial charge in [-0.05, 0) is 55.5 Å². The first-order valence-corrected chi connectivity index (χ1v) is 14.1. The Bertz CT molecular complexity index is 1070. The number of hydrogen-bond donors (Lipinski definition) is 1. The van der Waals surface area contributed by atoms with Gasteiger partial charge in [-0.2, -0.15) is 0 Å². The maximum atomic E-state index is 13.3. The van der Waals surface area contributed by atoms with Crippen LogP contribution in [-0.4, -0.2) is 64.2 Å². The molecular formula is C27H39N3O5S. The second-order valence-electron chi connectivity index (χ2n) is 9.27. The van der Waals surface area contributed by atoms with E-state index in [-0.39, 0.29) is 24.8 Å². The van der Waals surface area contributed by atoms with Crippen molar-refractivity contribution in [2.24, 2.45) is 5.92 Å². The van der Waals surface area contributed by atoms with E-state index in [4.69, 9.17) is 4.74 Å². The number of carbonyl (C=O) groups is 2. The lowest BCUT2D eigenvalue weighted by molar-refractivity contribution is -0.140. The largest absolute Gasteiger partial charge is 0.497 e. The summed E-state index contributed by atoms with van der Waals surface area (Å²) in [6.45, 7) is 6.85. The van der Waals surface area contributed by atoms with Crippen LogP contribution in [0.15, 0.2) is 54.6 Å². The number of nitrogens with one attached hydrogen (secondary N) is 1. The average Bonchev–Trinajstić information content (AvgIpc) is 2.85. The Hall–Kier alpha value is -3.07. The summed E-state index contributed by atoms with van der Waals surface area (Å²) >= 11 is 0. The van der Waals surface area contributed by atoms with Gasteiger partial charge >= 0.3 is 0 Å². The minimum absolute atomic E-state index is 0.124. The molecule has 0 saturated carbocycles. The van der Waals surface area contributed by atoms with Crippen molar-refractivity contribution in [3.63, 3.8) is 0 Å². The van der Waals surface area contributed by atoms with Crippen LogP contribution in [-0.2, 0) is 26.0 Å². The van der Waals surface area contributed by atoms with Gasteiger partial charge in [0.05, 0.1) is 19.1 Å². The van der Waals surface area contributed by atoms with Crippen molar-refractivity contribution in [2.45, 2.75) is 46.1 Å². The molecule has 2 rings (SSSR count). The summed E-state index contributed by atoms with van der Waals surface area (Å²) in [5, 5.41) is 2.91. The van der Waals surface area contributed by atoms with E-state index >= 15 is 0 Å². The quantitative estimate of drug-likeness (QED) is 0.414. The second-order valence-corrected chi connectivity index (χ2v) is 11.2. The number of ether oxygens (including phenoxy) is 1. The molecule has 2 amide bonds. The summed E-state index contributed by atoms with van der Waals surface area (Å²) in [5.41, 5.74) is 1.58. The molecule has 1 atom stereocenters. The molecule has 2 aromatic rings. The van der Waals surface area contributed by atoms with Crippen LogP contribution in [0.3, 0.4) is 0 Å². The first kappa shape index (κ1) is 29.2. The molecule has 0 aromatic heterocycles. The van der Waals surface area contributed by atoms with Crippen LogP contribution in [0.1, 0.15) is 39.2 Å². The average molecular weight is 518 g/mol. The summed E-state index contributed by atoms with van der Waals surface area (Å²) in [4.78, 5) is 27.6. The van der Waals surface area contributed by atoms with Crippen LogP contribution >= 0.6 is 0 Å². The number of anilines is 1. The van der Waals surface area contributed by atoms with E-state index in [1.165, 1.54) is 4.31 Å². The van der Waals surface area contributed by atoms with Gasteiger partial charge in [-0.25, -0.2) is 8.42 Å². The molecule has 0 heterocycles. The van der Waals surface area contributed by atoms with Crippen LogP contribution in [0, 0.1) is 5.92 Å². The number of hydrogen-bond acceptors (Lipinski definition) is 5. The van der Waals surface area contributed by atoms with Crippen LogP contribution < -0.4 is 14.4 Å². The fraction of sp³-hybridized carbons (Fsp3) is 0.481. The fourth-order valence-electron chi connectivity index (χ4n) is 3.77. The van der Waals surface area contributed by atoms with E-state index in [2.05, 4.69) is 5.32 Å². The molecule has 0 fully saturated rings. The minimum atomic E-state index is -3.54. The second kappa shape index (κ2) is 13.9. The highest BCUT2D eigenvalue weighted by molar-refractivity contribution is 7.92. The Labute approximate surface area is 215 Å². The molecule has 0 bridgehead atoms. The maximum Gasteiger partial charge on any atom is 0.242 e. The number of amides is 2. The number of benzene rings is 2. The van der Waals surface area contributed by atoms with Gasteiger partial charge in [0, 0.05) is 26.1 Å². The van der Waals surface area contributed by atoms with Gasteiger partial charge in [0.2, 0.25) is 21.8 Å². The number of nitrogens with zero attached hydrogens (tertiary/aromatic N) is 2. The van der Waals surface area contributed by atoms with Gasteiger partial charge in [-0.15, -0.1) is 0 Å². The molecule has 0 spiro atoms.